The van der Waals surface area contributed by atoms with Gasteiger partial charge in [-0.05, 0) is 58.2 Å². The number of sulfonamides is 1. The monoisotopic (exact) mass is 378 g/mol. The minimum atomic E-state index is -3.60. The number of nitrogens with zero attached hydrogens (tertiary/aromatic N) is 2. The van der Waals surface area contributed by atoms with Crippen LogP contribution < -0.4 is 4.74 Å². The first-order valence-corrected chi connectivity index (χ1v) is 10.4. The molecule has 1 aromatic heterocycles. The average Bonchev–Trinajstić information content (AvgIpc) is 3.02. The SMILES string of the molecule is Cc1ccc(OC(C)C)c(S(=O)(=O)N2CCC(c3cc(C)no3)CC2)c1. The minimum absolute atomic E-state index is 0.0907. The van der Waals surface area contributed by atoms with Crippen LogP contribution in [0.3, 0.4) is 0 Å². The molecule has 0 atom stereocenters. The molecule has 1 fully saturated rings. The van der Waals surface area contributed by atoms with E-state index >= 15 is 0 Å². The zero-order valence-corrected chi connectivity index (χ0v) is 16.5. The average molecular weight is 378 g/mol. The van der Waals surface area contributed by atoms with Crippen LogP contribution in [0.2, 0.25) is 0 Å². The fourth-order valence-electron chi connectivity index (χ4n) is 3.26. The Morgan fingerprint density at radius 2 is 1.88 bits per heavy atom. The van der Waals surface area contributed by atoms with Crippen LogP contribution in [0.5, 0.6) is 5.75 Å². The fraction of sp³-hybridized carbons (Fsp3) is 0.526. The van der Waals surface area contributed by atoms with E-state index in [1.807, 2.05) is 39.8 Å². The molecule has 0 saturated carbocycles. The molecule has 1 saturated heterocycles. The lowest BCUT2D eigenvalue weighted by Gasteiger charge is -2.30. The van der Waals surface area contributed by atoms with Crippen molar-refractivity contribution in [2.45, 2.75) is 57.5 Å². The van der Waals surface area contributed by atoms with Crippen molar-refractivity contribution in [3.8, 4) is 5.75 Å². The Morgan fingerprint density at radius 3 is 2.46 bits per heavy atom. The molecular weight excluding hydrogens is 352 g/mol. The predicted molar refractivity (Wildman–Crippen MR) is 98.9 cm³/mol. The normalized spacial score (nSPS) is 17.0. The Kier molecular flexibility index (Phi) is 5.39. The third-order valence-electron chi connectivity index (χ3n) is 4.58. The molecule has 1 aromatic carbocycles. The maximum Gasteiger partial charge on any atom is 0.246 e. The molecule has 26 heavy (non-hydrogen) atoms. The molecule has 0 unspecified atom stereocenters. The Hall–Kier alpha value is -1.86. The summed E-state index contributed by atoms with van der Waals surface area (Å²) < 4.78 is 39.0. The molecule has 3 rings (SSSR count). The fourth-order valence-corrected chi connectivity index (χ4v) is 4.94. The van der Waals surface area contributed by atoms with Crippen molar-refractivity contribution in [1.82, 2.24) is 9.46 Å². The van der Waals surface area contributed by atoms with Gasteiger partial charge in [-0.3, -0.25) is 0 Å². The lowest BCUT2D eigenvalue weighted by Crippen LogP contribution is -2.38. The molecule has 0 radical (unpaired) electrons. The molecular formula is C19H26N2O4S. The van der Waals surface area contributed by atoms with E-state index in [4.69, 9.17) is 9.26 Å². The van der Waals surface area contributed by atoms with Crippen molar-refractivity contribution < 1.29 is 17.7 Å². The van der Waals surface area contributed by atoms with E-state index in [0.717, 1.165) is 29.9 Å². The van der Waals surface area contributed by atoms with E-state index in [2.05, 4.69) is 5.16 Å². The highest BCUT2D eigenvalue weighted by Crippen LogP contribution is 2.34. The van der Waals surface area contributed by atoms with Gasteiger partial charge >= 0.3 is 0 Å². The molecule has 0 aliphatic carbocycles. The smallest absolute Gasteiger partial charge is 0.246 e. The van der Waals surface area contributed by atoms with Gasteiger partial charge in [-0.1, -0.05) is 11.2 Å². The topological polar surface area (TPSA) is 72.6 Å². The van der Waals surface area contributed by atoms with E-state index in [-0.39, 0.29) is 16.9 Å². The van der Waals surface area contributed by atoms with E-state index in [1.54, 1.807) is 16.4 Å². The summed E-state index contributed by atoms with van der Waals surface area (Å²) in [6, 6.07) is 7.24. The molecule has 2 aromatic rings. The van der Waals surface area contributed by atoms with Gasteiger partial charge in [-0.2, -0.15) is 4.31 Å². The maximum atomic E-state index is 13.2. The number of hydrogen-bond donors (Lipinski definition) is 0. The summed E-state index contributed by atoms with van der Waals surface area (Å²) in [6.07, 6.45) is 1.35. The number of benzene rings is 1. The highest BCUT2D eigenvalue weighted by molar-refractivity contribution is 7.89. The van der Waals surface area contributed by atoms with E-state index in [9.17, 15) is 8.42 Å². The minimum Gasteiger partial charge on any atom is -0.490 e. The standard InChI is InChI=1S/C19H26N2O4S/c1-13(2)24-17-6-5-14(3)11-19(17)26(22,23)21-9-7-16(8-10-21)18-12-15(4)20-25-18/h5-6,11-13,16H,7-10H2,1-4H3. The van der Waals surface area contributed by atoms with Gasteiger partial charge in [0.05, 0.1) is 11.8 Å². The van der Waals surface area contributed by atoms with Gasteiger partial charge in [-0.25, -0.2) is 8.42 Å². The van der Waals surface area contributed by atoms with E-state index < -0.39 is 10.0 Å². The molecule has 1 aliphatic rings. The zero-order valence-electron chi connectivity index (χ0n) is 15.7. The molecule has 6 nitrogen and oxygen atoms in total. The van der Waals surface area contributed by atoms with Crippen molar-refractivity contribution in [3.05, 3.63) is 41.3 Å². The van der Waals surface area contributed by atoms with Gasteiger partial charge in [0.2, 0.25) is 10.0 Å². The summed E-state index contributed by atoms with van der Waals surface area (Å²) in [7, 11) is -3.60. The van der Waals surface area contributed by atoms with Crippen LogP contribution in [0.1, 0.15) is 49.6 Å². The summed E-state index contributed by atoms with van der Waals surface area (Å²) >= 11 is 0. The molecule has 2 heterocycles. The third kappa shape index (κ3) is 3.94. The van der Waals surface area contributed by atoms with Crippen LogP contribution in [-0.2, 0) is 10.0 Å². The Bertz CT molecular complexity index is 865. The molecule has 1 aliphatic heterocycles. The van der Waals surface area contributed by atoms with Gasteiger partial charge in [0, 0.05) is 25.1 Å². The van der Waals surface area contributed by atoms with Crippen molar-refractivity contribution in [2.75, 3.05) is 13.1 Å². The van der Waals surface area contributed by atoms with Crippen molar-refractivity contribution in [3.63, 3.8) is 0 Å². The van der Waals surface area contributed by atoms with Crippen LogP contribution in [0.4, 0.5) is 0 Å². The summed E-state index contributed by atoms with van der Waals surface area (Å²) in [5.41, 5.74) is 1.75. The number of aromatic nitrogens is 1. The van der Waals surface area contributed by atoms with E-state index in [1.165, 1.54) is 0 Å². The van der Waals surface area contributed by atoms with Crippen molar-refractivity contribution >= 4 is 10.0 Å². The molecule has 0 bridgehead atoms. The third-order valence-corrected chi connectivity index (χ3v) is 6.50. The van der Waals surface area contributed by atoms with Crippen LogP contribution in [0, 0.1) is 13.8 Å². The summed E-state index contributed by atoms with van der Waals surface area (Å²) in [6.45, 7) is 8.48. The molecule has 0 amide bonds. The molecule has 0 spiro atoms. The van der Waals surface area contributed by atoms with Gasteiger partial charge in [0.25, 0.3) is 0 Å². The second-order valence-electron chi connectivity index (χ2n) is 7.17. The van der Waals surface area contributed by atoms with Crippen LogP contribution >= 0.6 is 0 Å². The lowest BCUT2D eigenvalue weighted by atomic mass is 9.95. The number of piperidine rings is 1. The largest absolute Gasteiger partial charge is 0.490 e. The number of ether oxygens (including phenoxy) is 1. The quantitative estimate of drug-likeness (QED) is 0.794. The summed E-state index contributed by atoms with van der Waals surface area (Å²) in [5.74, 6) is 1.48. The van der Waals surface area contributed by atoms with Gasteiger partial charge in [0.15, 0.2) is 0 Å². The second-order valence-corrected chi connectivity index (χ2v) is 9.07. The highest BCUT2D eigenvalue weighted by Gasteiger charge is 2.33. The van der Waals surface area contributed by atoms with Gasteiger partial charge in [-0.15, -0.1) is 0 Å². The first-order chi connectivity index (χ1) is 12.3. The second kappa shape index (κ2) is 7.40. The summed E-state index contributed by atoms with van der Waals surface area (Å²) in [5, 5.41) is 3.93. The van der Waals surface area contributed by atoms with Crippen LogP contribution in [-0.4, -0.2) is 37.1 Å². The van der Waals surface area contributed by atoms with Crippen molar-refractivity contribution in [1.29, 1.82) is 0 Å². The van der Waals surface area contributed by atoms with Crippen LogP contribution in [0.15, 0.2) is 33.7 Å². The van der Waals surface area contributed by atoms with Gasteiger partial charge in [0.1, 0.15) is 16.4 Å². The maximum absolute atomic E-state index is 13.2. The lowest BCUT2D eigenvalue weighted by molar-refractivity contribution is 0.234. The van der Waals surface area contributed by atoms with E-state index in [0.29, 0.717) is 18.8 Å². The zero-order chi connectivity index (χ0) is 18.9. The Morgan fingerprint density at radius 1 is 1.19 bits per heavy atom. The Balaban J connectivity index is 1.80. The first kappa shape index (κ1) is 18.9. The highest BCUT2D eigenvalue weighted by atomic mass is 32.2. The molecule has 142 valence electrons. The number of aryl methyl sites for hydroxylation is 2. The summed E-state index contributed by atoms with van der Waals surface area (Å²) in [4.78, 5) is 0.250. The number of rotatable bonds is 5. The molecule has 0 N–H and O–H groups in total. The number of hydrogen-bond acceptors (Lipinski definition) is 5. The van der Waals surface area contributed by atoms with Crippen molar-refractivity contribution in [2.24, 2.45) is 0 Å². The van der Waals surface area contributed by atoms with Gasteiger partial charge < -0.3 is 9.26 Å². The molecule has 7 heteroatoms. The van der Waals surface area contributed by atoms with Crippen LogP contribution in [0.25, 0.3) is 0 Å². The Labute approximate surface area is 155 Å². The first-order valence-electron chi connectivity index (χ1n) is 8.98. The predicted octanol–water partition coefficient (Wildman–Crippen LogP) is 3.65.